The Morgan fingerprint density at radius 3 is 2.48 bits per heavy atom. The van der Waals surface area contributed by atoms with Crippen LogP contribution in [0.4, 0.5) is 0 Å². The fraction of sp³-hybridized carbons (Fsp3) is 0.188. The number of hydrogen-bond acceptors (Lipinski definition) is 3. The van der Waals surface area contributed by atoms with Gasteiger partial charge in [0.05, 0.1) is 17.7 Å². The number of aromatic hydroxyl groups is 1. The van der Waals surface area contributed by atoms with Gasteiger partial charge in [-0.2, -0.15) is 0 Å². The second-order valence-corrected chi connectivity index (χ2v) is 5.89. The zero-order valence-electron chi connectivity index (χ0n) is 11.5. The molecule has 0 bridgehead atoms. The van der Waals surface area contributed by atoms with E-state index in [1.165, 1.54) is 12.1 Å². The largest absolute Gasteiger partial charge is 0.507 e. The van der Waals surface area contributed by atoms with Crippen LogP contribution in [0.25, 0.3) is 0 Å². The highest BCUT2D eigenvalue weighted by molar-refractivity contribution is 9.10. The van der Waals surface area contributed by atoms with Crippen molar-refractivity contribution in [3.05, 3.63) is 64.1 Å². The van der Waals surface area contributed by atoms with Crippen molar-refractivity contribution < 1.29 is 15.0 Å². The number of amides is 1. The van der Waals surface area contributed by atoms with E-state index in [9.17, 15) is 15.0 Å². The molecule has 4 nitrogen and oxygen atoms in total. The predicted molar refractivity (Wildman–Crippen MR) is 84.2 cm³/mol. The van der Waals surface area contributed by atoms with Crippen LogP contribution in [0.3, 0.4) is 0 Å². The fourth-order valence-corrected chi connectivity index (χ4v) is 2.37. The zero-order chi connectivity index (χ0) is 15.5. The van der Waals surface area contributed by atoms with Gasteiger partial charge in [0.15, 0.2) is 0 Å². The van der Waals surface area contributed by atoms with Crippen LogP contribution in [0.2, 0.25) is 0 Å². The molecule has 0 aliphatic rings. The lowest BCUT2D eigenvalue weighted by molar-refractivity contribution is 0.0847. The molecule has 110 valence electrons. The number of aliphatic hydroxyl groups excluding tert-OH is 1. The lowest BCUT2D eigenvalue weighted by atomic mass is 9.92. The van der Waals surface area contributed by atoms with Gasteiger partial charge in [-0.25, -0.2) is 0 Å². The molecule has 0 radical (unpaired) electrons. The standard InChI is InChI=1S/C16H16BrNO3/c1-16(10-19,11-5-3-2-4-6-11)18-15(21)13-8-7-12(17)9-14(13)20/h2-9,19-20H,10H2,1H3,(H,18,21). The third-order valence-electron chi connectivity index (χ3n) is 3.32. The molecule has 0 heterocycles. The maximum Gasteiger partial charge on any atom is 0.255 e. The van der Waals surface area contributed by atoms with E-state index in [1.54, 1.807) is 13.0 Å². The van der Waals surface area contributed by atoms with Gasteiger partial charge >= 0.3 is 0 Å². The van der Waals surface area contributed by atoms with Gasteiger partial charge in [0.25, 0.3) is 5.91 Å². The van der Waals surface area contributed by atoms with Crippen molar-refractivity contribution in [2.75, 3.05) is 6.61 Å². The first kappa shape index (κ1) is 15.5. The maximum absolute atomic E-state index is 12.3. The molecule has 1 atom stereocenters. The van der Waals surface area contributed by atoms with Crippen LogP contribution in [-0.2, 0) is 5.54 Å². The molecule has 0 fully saturated rings. The molecule has 5 heteroatoms. The summed E-state index contributed by atoms with van der Waals surface area (Å²) in [5.74, 6) is -0.560. The highest BCUT2D eigenvalue weighted by Crippen LogP contribution is 2.25. The number of benzene rings is 2. The van der Waals surface area contributed by atoms with Crippen LogP contribution in [0.5, 0.6) is 5.75 Å². The Kier molecular flexibility index (Phi) is 4.65. The van der Waals surface area contributed by atoms with Crippen molar-refractivity contribution in [3.63, 3.8) is 0 Å². The number of phenolic OH excluding ortho intramolecular Hbond substituents is 1. The third-order valence-corrected chi connectivity index (χ3v) is 3.81. The van der Waals surface area contributed by atoms with Crippen molar-refractivity contribution in [2.45, 2.75) is 12.5 Å². The average molecular weight is 350 g/mol. The lowest BCUT2D eigenvalue weighted by Crippen LogP contribution is -2.46. The van der Waals surface area contributed by atoms with E-state index in [4.69, 9.17) is 0 Å². The number of halogens is 1. The molecule has 2 rings (SSSR count). The molecule has 21 heavy (non-hydrogen) atoms. The summed E-state index contributed by atoms with van der Waals surface area (Å²) in [6.45, 7) is 1.48. The maximum atomic E-state index is 12.3. The number of nitrogens with one attached hydrogen (secondary N) is 1. The van der Waals surface area contributed by atoms with Gasteiger partial charge in [-0.05, 0) is 30.7 Å². The Bertz CT molecular complexity index is 645. The summed E-state index contributed by atoms with van der Waals surface area (Å²) in [7, 11) is 0. The Labute approximate surface area is 131 Å². The van der Waals surface area contributed by atoms with Gasteiger partial charge in [0.1, 0.15) is 5.75 Å². The van der Waals surface area contributed by atoms with Crippen LogP contribution in [-0.4, -0.2) is 22.7 Å². The molecule has 0 aromatic heterocycles. The molecule has 0 aliphatic carbocycles. The van der Waals surface area contributed by atoms with Crippen molar-refractivity contribution in [1.29, 1.82) is 0 Å². The van der Waals surface area contributed by atoms with Crippen molar-refractivity contribution >= 4 is 21.8 Å². The van der Waals surface area contributed by atoms with Crippen LogP contribution in [0, 0.1) is 0 Å². The summed E-state index contributed by atoms with van der Waals surface area (Å²) < 4.78 is 0.685. The Balaban J connectivity index is 2.28. The molecule has 0 saturated carbocycles. The first-order valence-corrected chi connectivity index (χ1v) is 7.23. The molecular formula is C16H16BrNO3. The van der Waals surface area contributed by atoms with E-state index in [-0.39, 0.29) is 17.9 Å². The summed E-state index contributed by atoms with van der Waals surface area (Å²) in [5, 5.41) is 22.3. The second-order valence-electron chi connectivity index (χ2n) is 4.97. The van der Waals surface area contributed by atoms with Gasteiger partial charge in [-0.3, -0.25) is 4.79 Å². The Morgan fingerprint density at radius 2 is 1.90 bits per heavy atom. The van der Waals surface area contributed by atoms with Gasteiger partial charge in [-0.1, -0.05) is 46.3 Å². The van der Waals surface area contributed by atoms with Crippen LogP contribution < -0.4 is 5.32 Å². The van der Waals surface area contributed by atoms with Gasteiger partial charge < -0.3 is 15.5 Å². The van der Waals surface area contributed by atoms with Gasteiger partial charge in [0.2, 0.25) is 0 Å². The van der Waals surface area contributed by atoms with E-state index in [2.05, 4.69) is 21.2 Å². The van der Waals surface area contributed by atoms with E-state index >= 15 is 0 Å². The minimum Gasteiger partial charge on any atom is -0.507 e. The number of carbonyl (C=O) groups excluding carboxylic acids is 1. The Morgan fingerprint density at radius 1 is 1.24 bits per heavy atom. The van der Waals surface area contributed by atoms with Crippen LogP contribution in [0.1, 0.15) is 22.8 Å². The SMILES string of the molecule is CC(CO)(NC(=O)c1ccc(Br)cc1O)c1ccccc1. The van der Waals surface area contributed by atoms with E-state index in [0.29, 0.717) is 4.47 Å². The van der Waals surface area contributed by atoms with Crippen molar-refractivity contribution in [1.82, 2.24) is 5.32 Å². The molecule has 2 aromatic carbocycles. The van der Waals surface area contributed by atoms with Crippen LogP contribution >= 0.6 is 15.9 Å². The van der Waals surface area contributed by atoms with Crippen LogP contribution in [0.15, 0.2) is 53.0 Å². The average Bonchev–Trinajstić information content (AvgIpc) is 2.47. The number of aliphatic hydroxyl groups is 1. The number of hydrogen-bond donors (Lipinski definition) is 3. The lowest BCUT2D eigenvalue weighted by Gasteiger charge is -2.29. The van der Waals surface area contributed by atoms with Crippen molar-refractivity contribution in [3.8, 4) is 5.75 Å². The molecule has 1 unspecified atom stereocenters. The summed E-state index contributed by atoms with van der Waals surface area (Å²) in [6.07, 6.45) is 0. The van der Waals surface area contributed by atoms with Gasteiger partial charge in [0, 0.05) is 4.47 Å². The molecule has 2 aromatic rings. The summed E-state index contributed by atoms with van der Waals surface area (Å²) in [4.78, 5) is 12.3. The molecule has 0 aliphatic heterocycles. The Hall–Kier alpha value is -1.85. The van der Waals surface area contributed by atoms with Crippen molar-refractivity contribution in [2.24, 2.45) is 0 Å². The normalized spacial score (nSPS) is 13.5. The molecule has 0 saturated heterocycles. The topological polar surface area (TPSA) is 69.6 Å². The minimum atomic E-state index is -0.919. The number of rotatable bonds is 4. The molecular weight excluding hydrogens is 334 g/mol. The molecule has 1 amide bonds. The zero-order valence-corrected chi connectivity index (χ0v) is 13.1. The first-order chi connectivity index (χ1) is 9.96. The summed E-state index contributed by atoms with van der Waals surface area (Å²) in [6, 6.07) is 13.9. The monoisotopic (exact) mass is 349 g/mol. The number of carbonyl (C=O) groups is 1. The molecule has 0 spiro atoms. The summed E-state index contributed by atoms with van der Waals surface area (Å²) in [5.41, 5.74) is 0.0314. The molecule has 3 N–H and O–H groups in total. The predicted octanol–water partition coefficient (Wildman–Crippen LogP) is 2.79. The number of phenols is 1. The summed E-state index contributed by atoms with van der Waals surface area (Å²) >= 11 is 3.23. The van der Waals surface area contributed by atoms with Gasteiger partial charge in [-0.15, -0.1) is 0 Å². The van der Waals surface area contributed by atoms with E-state index in [1.807, 2.05) is 30.3 Å². The highest BCUT2D eigenvalue weighted by Gasteiger charge is 2.28. The first-order valence-electron chi connectivity index (χ1n) is 6.44. The fourth-order valence-electron chi connectivity index (χ4n) is 2.02. The van der Waals surface area contributed by atoms with E-state index in [0.717, 1.165) is 5.56 Å². The highest BCUT2D eigenvalue weighted by atomic mass is 79.9. The quantitative estimate of drug-likeness (QED) is 0.794. The third kappa shape index (κ3) is 3.43. The minimum absolute atomic E-state index is 0.116. The van der Waals surface area contributed by atoms with E-state index < -0.39 is 11.4 Å². The second kappa shape index (κ2) is 6.28. The smallest absolute Gasteiger partial charge is 0.255 e.